The predicted molar refractivity (Wildman–Crippen MR) is 96.3 cm³/mol. The molecule has 1 aromatic heterocycles. The summed E-state index contributed by atoms with van der Waals surface area (Å²) in [4.78, 5) is 27.4. The molecule has 2 aromatic carbocycles. The summed E-state index contributed by atoms with van der Waals surface area (Å²) in [7, 11) is 2.80. The lowest BCUT2D eigenvalue weighted by molar-refractivity contribution is -0.385. The first kappa shape index (κ1) is 18.2. The Kier molecular flexibility index (Phi) is 4.93. The van der Waals surface area contributed by atoms with Gasteiger partial charge >= 0.3 is 6.09 Å². The van der Waals surface area contributed by atoms with Crippen molar-refractivity contribution in [3.63, 3.8) is 0 Å². The molecule has 0 aliphatic carbocycles. The van der Waals surface area contributed by atoms with Crippen LogP contribution in [0.25, 0.3) is 11.0 Å². The van der Waals surface area contributed by atoms with E-state index >= 15 is 0 Å². The number of imidazole rings is 1. The summed E-state index contributed by atoms with van der Waals surface area (Å²) in [5.74, 6) is 0.521. The number of carbonyl (C=O) groups is 1. The zero-order valence-corrected chi connectivity index (χ0v) is 15.0. The summed E-state index contributed by atoms with van der Waals surface area (Å²) >= 11 is 0. The van der Waals surface area contributed by atoms with E-state index in [0.29, 0.717) is 16.8 Å². The second kappa shape index (κ2) is 7.32. The minimum atomic E-state index is -0.688. The Hall–Kier alpha value is -3.62. The van der Waals surface area contributed by atoms with Gasteiger partial charge in [-0.2, -0.15) is 0 Å². The van der Waals surface area contributed by atoms with Crippen LogP contribution in [0.5, 0.6) is 11.5 Å². The van der Waals surface area contributed by atoms with Crippen molar-refractivity contribution in [2.45, 2.75) is 13.5 Å². The van der Waals surface area contributed by atoms with Gasteiger partial charge in [-0.25, -0.2) is 14.3 Å². The summed E-state index contributed by atoms with van der Waals surface area (Å²) in [5, 5.41) is 11.3. The van der Waals surface area contributed by atoms with Crippen molar-refractivity contribution in [2.75, 3.05) is 14.2 Å². The third kappa shape index (κ3) is 3.39. The number of carbonyl (C=O) groups excluding carboxylic acids is 1. The maximum absolute atomic E-state index is 12.4. The molecule has 0 fully saturated rings. The zero-order chi connectivity index (χ0) is 19.6. The van der Waals surface area contributed by atoms with Gasteiger partial charge in [-0.15, -0.1) is 0 Å². The lowest BCUT2D eigenvalue weighted by Crippen LogP contribution is -2.13. The zero-order valence-electron chi connectivity index (χ0n) is 15.0. The molecule has 9 heteroatoms. The minimum Gasteiger partial charge on any atom is -0.493 e. The second-order valence-electron chi connectivity index (χ2n) is 5.70. The highest BCUT2D eigenvalue weighted by Crippen LogP contribution is 2.34. The summed E-state index contributed by atoms with van der Waals surface area (Å²) in [6.45, 7) is 1.58. The fraction of sp³-hybridized carbons (Fsp3) is 0.222. The highest BCUT2D eigenvalue weighted by molar-refractivity contribution is 5.88. The highest BCUT2D eigenvalue weighted by atomic mass is 16.6. The number of ether oxygens (including phenoxy) is 3. The number of para-hydroxylation sites is 1. The Morgan fingerprint density at radius 3 is 2.59 bits per heavy atom. The van der Waals surface area contributed by atoms with Gasteiger partial charge < -0.3 is 14.2 Å². The van der Waals surface area contributed by atoms with E-state index in [1.807, 2.05) is 19.1 Å². The molecule has 9 nitrogen and oxygen atoms in total. The molecule has 1 heterocycles. The van der Waals surface area contributed by atoms with E-state index in [-0.39, 0.29) is 23.6 Å². The van der Waals surface area contributed by atoms with Crippen molar-refractivity contribution in [3.8, 4) is 11.5 Å². The summed E-state index contributed by atoms with van der Waals surface area (Å²) in [5.41, 5.74) is 2.17. The van der Waals surface area contributed by atoms with Crippen LogP contribution in [0.4, 0.5) is 10.5 Å². The minimum absolute atomic E-state index is 0.187. The molecule has 140 valence electrons. The van der Waals surface area contributed by atoms with E-state index in [4.69, 9.17) is 14.2 Å². The third-order valence-electron chi connectivity index (χ3n) is 4.11. The molecule has 0 amide bonds. The summed E-state index contributed by atoms with van der Waals surface area (Å²) < 4.78 is 16.8. The number of benzene rings is 2. The van der Waals surface area contributed by atoms with Crippen molar-refractivity contribution in [1.82, 2.24) is 9.55 Å². The van der Waals surface area contributed by atoms with E-state index in [1.165, 1.54) is 37.2 Å². The van der Waals surface area contributed by atoms with Gasteiger partial charge in [0.2, 0.25) is 0 Å². The van der Waals surface area contributed by atoms with Gasteiger partial charge in [-0.1, -0.05) is 12.1 Å². The van der Waals surface area contributed by atoms with Crippen LogP contribution in [-0.2, 0) is 11.3 Å². The SMILES string of the molecule is COc1cc(COC(=O)n2cnc3c(C)cccc32)c([N+](=O)[O-])cc1OC. The molecule has 0 N–H and O–H groups in total. The number of fused-ring (bicyclic) bond motifs is 1. The van der Waals surface area contributed by atoms with E-state index in [0.717, 1.165) is 5.56 Å². The average molecular weight is 371 g/mol. The molecule has 0 saturated carbocycles. The average Bonchev–Trinajstić information content (AvgIpc) is 3.10. The van der Waals surface area contributed by atoms with Gasteiger partial charge in [0, 0.05) is 0 Å². The van der Waals surface area contributed by atoms with Gasteiger partial charge in [0.1, 0.15) is 12.9 Å². The first-order chi connectivity index (χ1) is 13.0. The Morgan fingerprint density at radius 2 is 1.93 bits per heavy atom. The number of hydrogen-bond acceptors (Lipinski definition) is 7. The molecule has 0 atom stereocenters. The number of nitro benzene ring substituents is 1. The van der Waals surface area contributed by atoms with E-state index < -0.39 is 11.0 Å². The number of hydrogen-bond donors (Lipinski definition) is 0. The van der Waals surface area contributed by atoms with Crippen LogP contribution < -0.4 is 9.47 Å². The van der Waals surface area contributed by atoms with Crippen LogP contribution in [-0.4, -0.2) is 34.8 Å². The number of nitrogens with zero attached hydrogens (tertiary/aromatic N) is 3. The molecular formula is C18H17N3O6. The van der Waals surface area contributed by atoms with Crippen LogP contribution in [0, 0.1) is 17.0 Å². The van der Waals surface area contributed by atoms with Gasteiger partial charge in [-0.3, -0.25) is 10.1 Å². The van der Waals surface area contributed by atoms with Gasteiger partial charge in [0.05, 0.1) is 41.8 Å². The Morgan fingerprint density at radius 1 is 1.22 bits per heavy atom. The van der Waals surface area contributed by atoms with Crippen LogP contribution >= 0.6 is 0 Å². The maximum atomic E-state index is 12.4. The highest BCUT2D eigenvalue weighted by Gasteiger charge is 2.21. The maximum Gasteiger partial charge on any atom is 0.420 e. The van der Waals surface area contributed by atoms with Crippen LogP contribution in [0.3, 0.4) is 0 Å². The topological polar surface area (TPSA) is 106 Å². The lowest BCUT2D eigenvalue weighted by atomic mass is 10.1. The largest absolute Gasteiger partial charge is 0.493 e. The Balaban J connectivity index is 1.88. The van der Waals surface area contributed by atoms with E-state index in [2.05, 4.69) is 4.98 Å². The number of nitro groups is 1. The quantitative estimate of drug-likeness (QED) is 0.499. The molecule has 0 radical (unpaired) electrons. The summed E-state index contributed by atoms with van der Waals surface area (Å²) in [6.07, 6.45) is 0.676. The van der Waals surface area contributed by atoms with E-state index in [1.54, 1.807) is 6.07 Å². The number of aromatic nitrogens is 2. The van der Waals surface area contributed by atoms with Crippen molar-refractivity contribution in [1.29, 1.82) is 0 Å². The van der Waals surface area contributed by atoms with Crippen molar-refractivity contribution >= 4 is 22.8 Å². The van der Waals surface area contributed by atoms with Gasteiger partial charge in [0.25, 0.3) is 5.69 Å². The van der Waals surface area contributed by atoms with Gasteiger partial charge in [0.15, 0.2) is 11.5 Å². The number of methoxy groups -OCH3 is 2. The predicted octanol–water partition coefficient (Wildman–Crippen LogP) is 3.46. The van der Waals surface area contributed by atoms with E-state index in [9.17, 15) is 14.9 Å². The van der Waals surface area contributed by atoms with Crippen LogP contribution in [0.2, 0.25) is 0 Å². The second-order valence-corrected chi connectivity index (χ2v) is 5.70. The van der Waals surface area contributed by atoms with Crippen LogP contribution in [0.15, 0.2) is 36.7 Å². The summed E-state index contributed by atoms with van der Waals surface area (Å²) in [6, 6.07) is 8.09. The fourth-order valence-corrected chi connectivity index (χ4v) is 2.73. The standard InChI is InChI=1S/C18H17N3O6/c1-11-5-4-6-13-17(11)19-10-20(13)18(22)27-9-12-7-15(25-2)16(26-3)8-14(12)21(23)24/h4-8,10H,9H2,1-3H3. The number of aryl methyl sites for hydroxylation is 1. The molecule has 0 unspecified atom stereocenters. The molecule has 27 heavy (non-hydrogen) atoms. The lowest BCUT2D eigenvalue weighted by Gasteiger charge is -2.11. The smallest absolute Gasteiger partial charge is 0.420 e. The van der Waals surface area contributed by atoms with Crippen LogP contribution in [0.1, 0.15) is 11.1 Å². The van der Waals surface area contributed by atoms with Crippen molar-refractivity contribution in [2.24, 2.45) is 0 Å². The van der Waals surface area contributed by atoms with Crippen molar-refractivity contribution in [3.05, 3.63) is 57.9 Å². The molecule has 0 bridgehead atoms. The monoisotopic (exact) mass is 371 g/mol. The first-order valence-electron chi connectivity index (χ1n) is 7.95. The van der Waals surface area contributed by atoms with Gasteiger partial charge in [-0.05, 0) is 24.6 Å². The van der Waals surface area contributed by atoms with Crippen molar-refractivity contribution < 1.29 is 23.9 Å². The molecule has 0 aliphatic heterocycles. The normalized spacial score (nSPS) is 10.6. The Labute approximate surface area is 154 Å². The molecule has 0 aliphatic rings. The molecule has 0 spiro atoms. The molecular weight excluding hydrogens is 354 g/mol. The Bertz CT molecular complexity index is 1030. The number of rotatable bonds is 5. The molecule has 0 saturated heterocycles. The first-order valence-corrected chi connectivity index (χ1v) is 7.95. The molecule has 3 rings (SSSR count). The third-order valence-corrected chi connectivity index (χ3v) is 4.11. The fourth-order valence-electron chi connectivity index (χ4n) is 2.73. The molecule has 3 aromatic rings.